The van der Waals surface area contributed by atoms with Crippen molar-refractivity contribution in [3.63, 3.8) is 0 Å². The van der Waals surface area contributed by atoms with E-state index in [1.165, 1.54) is 77.0 Å². The number of carbonyl (C=O) groups is 2. The highest BCUT2D eigenvalue weighted by atomic mass is 16.6. The lowest BCUT2D eigenvalue weighted by Gasteiger charge is -2.42. The second-order valence-electron chi connectivity index (χ2n) is 12.7. The van der Waals surface area contributed by atoms with E-state index < -0.39 is 61.3 Å². The highest BCUT2D eigenvalue weighted by molar-refractivity contribution is 5.77. The van der Waals surface area contributed by atoms with Crippen molar-refractivity contribution in [1.82, 2.24) is 5.32 Å². The van der Waals surface area contributed by atoms with Gasteiger partial charge in [0.05, 0.1) is 31.7 Å². The highest BCUT2D eigenvalue weighted by Crippen LogP contribution is 2.24. The molecule has 6 N–H and O–H groups in total. The van der Waals surface area contributed by atoms with Crippen molar-refractivity contribution in [2.45, 2.75) is 198 Å². The van der Waals surface area contributed by atoms with Crippen LogP contribution in [0.25, 0.3) is 0 Å². The van der Waals surface area contributed by atoms with Gasteiger partial charge in [0.25, 0.3) is 0 Å². The number of unbranched alkanes of at least 4 members (excludes halogenated alkanes) is 16. The monoisotopic (exact) mass is 631 g/mol. The van der Waals surface area contributed by atoms with Crippen LogP contribution < -0.4 is 5.32 Å². The molecule has 1 fully saturated rings. The van der Waals surface area contributed by atoms with Crippen LogP contribution in [0.3, 0.4) is 0 Å². The van der Waals surface area contributed by atoms with Crippen molar-refractivity contribution in [1.29, 1.82) is 0 Å². The van der Waals surface area contributed by atoms with Crippen LogP contribution >= 0.6 is 0 Å². The van der Waals surface area contributed by atoms with Gasteiger partial charge < -0.3 is 40.3 Å². The number of carbonyl (C=O) groups excluding carboxylic acids is 2. The van der Waals surface area contributed by atoms with Gasteiger partial charge >= 0.3 is 5.97 Å². The summed E-state index contributed by atoms with van der Waals surface area (Å²) in [6.45, 7) is 3.77. The molecule has 10 nitrogen and oxygen atoms in total. The number of amides is 1. The molecule has 0 aromatic heterocycles. The van der Waals surface area contributed by atoms with Crippen LogP contribution in [0.15, 0.2) is 0 Å². The fourth-order valence-corrected chi connectivity index (χ4v) is 5.81. The van der Waals surface area contributed by atoms with E-state index in [0.29, 0.717) is 12.8 Å². The summed E-state index contributed by atoms with van der Waals surface area (Å²) in [7, 11) is 0. The van der Waals surface area contributed by atoms with Crippen LogP contribution in [0.1, 0.15) is 155 Å². The molecule has 1 aliphatic heterocycles. The van der Waals surface area contributed by atoms with Gasteiger partial charge in [0.15, 0.2) is 12.4 Å². The first-order valence-corrected chi connectivity index (χ1v) is 17.7. The summed E-state index contributed by atoms with van der Waals surface area (Å²) in [5.41, 5.74) is 0. The molecule has 44 heavy (non-hydrogen) atoms. The molecule has 260 valence electrons. The largest absolute Gasteiger partial charge is 0.457 e. The summed E-state index contributed by atoms with van der Waals surface area (Å²) >= 11 is 0. The maximum absolute atomic E-state index is 12.7. The summed E-state index contributed by atoms with van der Waals surface area (Å²) in [6, 6.07) is -1.31. The van der Waals surface area contributed by atoms with Gasteiger partial charge in [0.1, 0.15) is 18.2 Å². The topological polar surface area (TPSA) is 166 Å². The van der Waals surface area contributed by atoms with E-state index in [4.69, 9.17) is 9.47 Å². The van der Waals surface area contributed by atoms with Gasteiger partial charge in [0.2, 0.25) is 5.91 Å². The molecular formula is C34H65NO9. The van der Waals surface area contributed by atoms with Crippen molar-refractivity contribution in [3.05, 3.63) is 0 Å². The van der Waals surface area contributed by atoms with Gasteiger partial charge in [-0.1, -0.05) is 129 Å². The van der Waals surface area contributed by atoms with Crippen molar-refractivity contribution >= 4 is 11.9 Å². The number of ether oxygens (including phenoxy) is 2. The molecule has 1 saturated heterocycles. The van der Waals surface area contributed by atoms with Crippen LogP contribution in [0.5, 0.6) is 0 Å². The predicted octanol–water partition coefficient (Wildman–Crippen LogP) is 4.80. The van der Waals surface area contributed by atoms with E-state index in [1.807, 2.05) is 0 Å². The SMILES string of the molecule is CCCCCCCCCCC[C@@H](O)CC(=O)N[C@@H]1[C@@H](OC(=O)C[C@H](O)CCCCCCCCCCC)[C@H](O)[C@@H](CO)O[C@@H]1O. The molecule has 0 unspecified atom stereocenters. The first kappa shape index (κ1) is 40.7. The zero-order valence-corrected chi connectivity index (χ0v) is 27.7. The molecule has 7 atom stereocenters. The molecule has 0 aromatic rings. The maximum atomic E-state index is 12.7. The Bertz CT molecular complexity index is 725. The number of nitrogens with one attached hydrogen (secondary N) is 1. The smallest absolute Gasteiger partial charge is 0.308 e. The van der Waals surface area contributed by atoms with E-state index in [2.05, 4.69) is 19.2 Å². The number of aliphatic hydroxyl groups is 5. The Morgan fingerprint density at radius 2 is 1.14 bits per heavy atom. The molecule has 0 saturated carbocycles. The molecule has 10 heteroatoms. The predicted molar refractivity (Wildman–Crippen MR) is 171 cm³/mol. The molecule has 1 heterocycles. The Morgan fingerprint density at radius 3 is 1.59 bits per heavy atom. The van der Waals surface area contributed by atoms with Crippen LogP contribution in [-0.4, -0.2) is 86.9 Å². The number of esters is 1. The van der Waals surface area contributed by atoms with E-state index in [1.54, 1.807) is 0 Å². The number of aliphatic hydroxyl groups excluding tert-OH is 5. The Kier molecular flexibility index (Phi) is 23.9. The first-order valence-electron chi connectivity index (χ1n) is 17.7. The van der Waals surface area contributed by atoms with Crippen molar-refractivity contribution in [3.8, 4) is 0 Å². The van der Waals surface area contributed by atoms with E-state index >= 15 is 0 Å². The lowest BCUT2D eigenvalue weighted by molar-refractivity contribution is -0.259. The highest BCUT2D eigenvalue weighted by Gasteiger charge is 2.47. The third-order valence-corrected chi connectivity index (χ3v) is 8.57. The summed E-state index contributed by atoms with van der Waals surface area (Å²) in [4.78, 5) is 25.4. The van der Waals surface area contributed by atoms with Gasteiger partial charge in [-0.05, 0) is 12.8 Å². The van der Waals surface area contributed by atoms with E-state index in [0.717, 1.165) is 38.5 Å². The molecule has 0 aromatic carbocycles. The van der Waals surface area contributed by atoms with Crippen LogP contribution in [0.4, 0.5) is 0 Å². The Morgan fingerprint density at radius 1 is 0.705 bits per heavy atom. The number of hydrogen-bond acceptors (Lipinski definition) is 9. The van der Waals surface area contributed by atoms with Crippen LogP contribution in [0, 0.1) is 0 Å². The van der Waals surface area contributed by atoms with Gasteiger partial charge in [-0.3, -0.25) is 9.59 Å². The van der Waals surface area contributed by atoms with Gasteiger partial charge in [-0.25, -0.2) is 0 Å². The van der Waals surface area contributed by atoms with Crippen molar-refractivity contribution in [2.24, 2.45) is 0 Å². The standard InChI is InChI=1S/C34H65NO9/c1-3-5-7-9-11-13-15-17-19-21-26(37)23-29(39)35-31-33(32(41)28(25-36)43-34(31)42)44-30(40)24-27(38)22-20-18-16-14-12-10-8-6-4-2/h26-28,31-34,36-38,41-42H,3-25H2,1-2H3,(H,35,39)/t26-,27-,28-,31-,32-,33-,34+/m1/s1. The average Bonchev–Trinajstić information content (AvgIpc) is 2.98. The van der Waals surface area contributed by atoms with Gasteiger partial charge in [0, 0.05) is 0 Å². The van der Waals surface area contributed by atoms with Crippen molar-refractivity contribution < 1.29 is 44.6 Å². The van der Waals surface area contributed by atoms with Crippen LogP contribution in [-0.2, 0) is 19.1 Å². The lowest BCUT2D eigenvalue weighted by Crippen LogP contribution is -2.65. The first-order chi connectivity index (χ1) is 21.2. The third kappa shape index (κ3) is 18.6. The minimum absolute atomic E-state index is 0.210. The minimum Gasteiger partial charge on any atom is -0.457 e. The fourth-order valence-electron chi connectivity index (χ4n) is 5.81. The normalized spacial score (nSPS) is 23.3. The third-order valence-electron chi connectivity index (χ3n) is 8.57. The molecular weight excluding hydrogens is 566 g/mol. The fraction of sp³-hybridized carbons (Fsp3) is 0.941. The van der Waals surface area contributed by atoms with Gasteiger partial charge in [-0.15, -0.1) is 0 Å². The van der Waals surface area contributed by atoms with Gasteiger partial charge in [-0.2, -0.15) is 0 Å². The molecule has 1 aliphatic rings. The molecule has 0 radical (unpaired) electrons. The maximum Gasteiger partial charge on any atom is 0.308 e. The Hall–Kier alpha value is -1.30. The zero-order valence-electron chi connectivity index (χ0n) is 27.7. The average molecular weight is 632 g/mol. The Labute approximate surface area is 266 Å². The van der Waals surface area contributed by atoms with E-state index in [-0.39, 0.29) is 12.8 Å². The molecule has 0 spiro atoms. The lowest BCUT2D eigenvalue weighted by atomic mass is 9.96. The number of hydrogen-bond donors (Lipinski definition) is 6. The van der Waals surface area contributed by atoms with Crippen molar-refractivity contribution in [2.75, 3.05) is 6.61 Å². The van der Waals surface area contributed by atoms with E-state index in [9.17, 15) is 35.1 Å². The summed E-state index contributed by atoms with van der Waals surface area (Å²) in [5.74, 6) is -1.37. The quantitative estimate of drug-likeness (QED) is 0.0552. The second kappa shape index (κ2) is 25.8. The van der Waals surface area contributed by atoms with Crippen LogP contribution in [0.2, 0.25) is 0 Å². The Balaban J connectivity index is 2.45. The minimum atomic E-state index is -1.65. The molecule has 0 bridgehead atoms. The zero-order chi connectivity index (χ0) is 32.6. The second-order valence-corrected chi connectivity index (χ2v) is 12.7. The molecule has 1 rings (SSSR count). The number of rotatable bonds is 27. The summed E-state index contributed by atoms with van der Waals surface area (Å²) < 4.78 is 10.7. The molecule has 0 aliphatic carbocycles. The summed E-state index contributed by atoms with van der Waals surface area (Å²) in [6.07, 6.45) is 13.5. The molecule has 1 amide bonds. The summed E-state index contributed by atoms with van der Waals surface area (Å²) in [5, 5.41) is 54.0.